The van der Waals surface area contributed by atoms with E-state index in [1.54, 1.807) is 0 Å². The molecule has 4 nitrogen and oxygen atoms in total. The van der Waals surface area contributed by atoms with Crippen molar-refractivity contribution in [2.24, 2.45) is 10.4 Å². The van der Waals surface area contributed by atoms with Crippen LogP contribution in [0, 0.1) is 5.41 Å². The minimum atomic E-state index is -0.0972. The van der Waals surface area contributed by atoms with Crippen LogP contribution >= 0.6 is 24.0 Å². The fourth-order valence-electron chi connectivity index (χ4n) is 2.69. The van der Waals surface area contributed by atoms with Crippen molar-refractivity contribution in [2.45, 2.75) is 84.8 Å². The topological polar surface area (TPSA) is 56.7 Å². The molecule has 0 saturated heterocycles. The molecule has 0 unspecified atom stereocenters. The standard InChI is InChI=1S/C17H35N3O.HI/c1-5-18-16(19-13-7-6-12-17(2,3)4)20-14-8-10-15(21)11-9-14;/h14-15,21H,5-13H2,1-4H3,(H2,18,19,20);1H. The molecule has 0 bridgehead atoms. The third-order valence-electron chi connectivity index (χ3n) is 3.99. The number of aliphatic imine (C=N–C) groups is 1. The summed E-state index contributed by atoms with van der Waals surface area (Å²) >= 11 is 0. The number of nitrogens with one attached hydrogen (secondary N) is 2. The summed E-state index contributed by atoms with van der Waals surface area (Å²) in [6.45, 7) is 10.8. The number of unbranched alkanes of at least 4 members (excludes halogenated alkanes) is 1. The van der Waals surface area contributed by atoms with E-state index in [1.165, 1.54) is 12.8 Å². The molecule has 3 N–H and O–H groups in total. The van der Waals surface area contributed by atoms with Crippen LogP contribution in [0.5, 0.6) is 0 Å². The molecule has 132 valence electrons. The van der Waals surface area contributed by atoms with Crippen molar-refractivity contribution < 1.29 is 5.11 Å². The van der Waals surface area contributed by atoms with Gasteiger partial charge in [0.1, 0.15) is 0 Å². The SMILES string of the molecule is CCNC(=NCCCCC(C)(C)C)NC1CCC(O)CC1.I. The third kappa shape index (κ3) is 10.6. The number of guanidine groups is 1. The highest BCUT2D eigenvalue weighted by molar-refractivity contribution is 14.0. The normalized spacial score (nSPS) is 22.9. The highest BCUT2D eigenvalue weighted by Crippen LogP contribution is 2.21. The van der Waals surface area contributed by atoms with Crippen molar-refractivity contribution in [2.75, 3.05) is 13.1 Å². The lowest BCUT2D eigenvalue weighted by molar-refractivity contribution is 0.120. The summed E-state index contributed by atoms with van der Waals surface area (Å²) in [6, 6.07) is 0.459. The summed E-state index contributed by atoms with van der Waals surface area (Å²) in [7, 11) is 0. The van der Waals surface area contributed by atoms with Gasteiger partial charge in [-0.25, -0.2) is 0 Å². The Balaban J connectivity index is 0.00000441. The van der Waals surface area contributed by atoms with Gasteiger partial charge in [-0.2, -0.15) is 0 Å². The van der Waals surface area contributed by atoms with Gasteiger partial charge < -0.3 is 15.7 Å². The molecule has 1 saturated carbocycles. The summed E-state index contributed by atoms with van der Waals surface area (Å²) in [4.78, 5) is 4.68. The molecule has 0 amide bonds. The van der Waals surface area contributed by atoms with Crippen LogP contribution in [0.1, 0.15) is 72.6 Å². The maximum absolute atomic E-state index is 9.56. The van der Waals surface area contributed by atoms with E-state index in [-0.39, 0.29) is 30.1 Å². The molecule has 0 heterocycles. The fraction of sp³-hybridized carbons (Fsp3) is 0.941. The Hall–Kier alpha value is -0.0400. The lowest BCUT2D eigenvalue weighted by Gasteiger charge is -2.27. The van der Waals surface area contributed by atoms with E-state index in [1.807, 2.05) is 0 Å². The first-order valence-electron chi connectivity index (χ1n) is 8.63. The first kappa shape index (κ1) is 22.0. The van der Waals surface area contributed by atoms with Crippen molar-refractivity contribution in [3.8, 4) is 0 Å². The van der Waals surface area contributed by atoms with E-state index in [0.717, 1.165) is 51.2 Å². The third-order valence-corrected chi connectivity index (χ3v) is 3.99. The largest absolute Gasteiger partial charge is 0.393 e. The second kappa shape index (κ2) is 11.5. The lowest BCUT2D eigenvalue weighted by Crippen LogP contribution is -2.45. The van der Waals surface area contributed by atoms with Crippen LogP contribution < -0.4 is 10.6 Å². The van der Waals surface area contributed by atoms with E-state index in [2.05, 4.69) is 43.3 Å². The number of aliphatic hydroxyl groups excluding tert-OH is 1. The van der Waals surface area contributed by atoms with Crippen LogP contribution in [0.15, 0.2) is 4.99 Å². The summed E-state index contributed by atoms with van der Waals surface area (Å²) in [6.07, 6.45) is 7.43. The summed E-state index contributed by atoms with van der Waals surface area (Å²) in [5.41, 5.74) is 0.426. The van der Waals surface area contributed by atoms with Crippen molar-refractivity contribution >= 4 is 29.9 Å². The van der Waals surface area contributed by atoms with Crippen LogP contribution in [-0.4, -0.2) is 36.3 Å². The highest BCUT2D eigenvalue weighted by Gasteiger charge is 2.19. The Bertz CT molecular complexity index is 308. The molecule has 1 rings (SSSR count). The Morgan fingerprint density at radius 3 is 2.32 bits per heavy atom. The average Bonchev–Trinajstić information content (AvgIpc) is 2.40. The molecule has 0 aromatic heterocycles. The lowest BCUT2D eigenvalue weighted by atomic mass is 9.90. The number of hydrogen-bond donors (Lipinski definition) is 3. The van der Waals surface area contributed by atoms with Crippen molar-refractivity contribution in [3.63, 3.8) is 0 Å². The van der Waals surface area contributed by atoms with Crippen LogP contribution in [0.25, 0.3) is 0 Å². The van der Waals surface area contributed by atoms with Gasteiger partial charge in [0, 0.05) is 19.1 Å². The maximum atomic E-state index is 9.56. The minimum Gasteiger partial charge on any atom is -0.393 e. The van der Waals surface area contributed by atoms with Gasteiger partial charge in [-0.05, 0) is 50.9 Å². The molecule has 0 aromatic rings. The average molecular weight is 425 g/mol. The quantitative estimate of drug-likeness (QED) is 0.263. The second-order valence-corrected chi connectivity index (χ2v) is 7.43. The van der Waals surface area contributed by atoms with Gasteiger partial charge in [0.25, 0.3) is 0 Å². The molecule has 1 aliphatic carbocycles. The Morgan fingerprint density at radius 2 is 1.77 bits per heavy atom. The van der Waals surface area contributed by atoms with E-state index in [0.29, 0.717) is 11.5 Å². The Morgan fingerprint density at radius 1 is 1.14 bits per heavy atom. The van der Waals surface area contributed by atoms with Crippen LogP contribution in [0.4, 0.5) is 0 Å². The van der Waals surface area contributed by atoms with E-state index < -0.39 is 0 Å². The van der Waals surface area contributed by atoms with Crippen molar-refractivity contribution in [3.05, 3.63) is 0 Å². The van der Waals surface area contributed by atoms with Crippen molar-refractivity contribution in [1.29, 1.82) is 0 Å². The van der Waals surface area contributed by atoms with Gasteiger partial charge in [0.15, 0.2) is 5.96 Å². The molecule has 0 aliphatic heterocycles. The number of nitrogens with zero attached hydrogens (tertiary/aromatic N) is 1. The monoisotopic (exact) mass is 425 g/mol. The van der Waals surface area contributed by atoms with Gasteiger partial charge in [-0.3, -0.25) is 4.99 Å². The first-order valence-corrected chi connectivity index (χ1v) is 8.63. The molecule has 1 fully saturated rings. The summed E-state index contributed by atoms with van der Waals surface area (Å²) in [5.74, 6) is 0.939. The number of aliphatic hydroxyl groups is 1. The number of hydrogen-bond acceptors (Lipinski definition) is 2. The minimum absolute atomic E-state index is 0. The Labute approximate surface area is 154 Å². The maximum Gasteiger partial charge on any atom is 0.191 e. The molecular formula is C17H36IN3O. The van der Waals surface area contributed by atoms with Gasteiger partial charge in [0.2, 0.25) is 0 Å². The summed E-state index contributed by atoms with van der Waals surface area (Å²) < 4.78 is 0. The molecule has 0 aromatic carbocycles. The van der Waals surface area contributed by atoms with E-state index in [9.17, 15) is 5.11 Å². The highest BCUT2D eigenvalue weighted by atomic mass is 127. The van der Waals surface area contributed by atoms with Crippen LogP contribution in [0.3, 0.4) is 0 Å². The van der Waals surface area contributed by atoms with E-state index in [4.69, 9.17) is 0 Å². The predicted octanol–water partition coefficient (Wildman–Crippen LogP) is 3.68. The van der Waals surface area contributed by atoms with Crippen LogP contribution in [0.2, 0.25) is 0 Å². The molecule has 0 spiro atoms. The zero-order valence-corrected chi connectivity index (χ0v) is 17.2. The smallest absolute Gasteiger partial charge is 0.191 e. The molecule has 22 heavy (non-hydrogen) atoms. The van der Waals surface area contributed by atoms with Gasteiger partial charge in [-0.1, -0.05) is 27.2 Å². The van der Waals surface area contributed by atoms with Crippen molar-refractivity contribution in [1.82, 2.24) is 10.6 Å². The fourth-order valence-corrected chi connectivity index (χ4v) is 2.69. The molecule has 0 radical (unpaired) electrons. The predicted molar refractivity (Wildman–Crippen MR) is 106 cm³/mol. The van der Waals surface area contributed by atoms with Gasteiger partial charge >= 0.3 is 0 Å². The zero-order chi connectivity index (χ0) is 15.7. The van der Waals surface area contributed by atoms with Gasteiger partial charge in [0.05, 0.1) is 6.10 Å². The first-order chi connectivity index (χ1) is 9.90. The Kier molecular flexibility index (Phi) is 11.5. The molecule has 5 heteroatoms. The van der Waals surface area contributed by atoms with Gasteiger partial charge in [-0.15, -0.1) is 24.0 Å². The number of halogens is 1. The molecular weight excluding hydrogens is 389 g/mol. The number of rotatable bonds is 6. The summed E-state index contributed by atoms with van der Waals surface area (Å²) in [5, 5.41) is 16.4. The molecule has 0 atom stereocenters. The zero-order valence-electron chi connectivity index (χ0n) is 14.8. The second-order valence-electron chi connectivity index (χ2n) is 7.43. The van der Waals surface area contributed by atoms with Crippen LogP contribution in [-0.2, 0) is 0 Å². The molecule has 1 aliphatic rings. The van der Waals surface area contributed by atoms with E-state index >= 15 is 0 Å².